The van der Waals surface area contributed by atoms with Crippen molar-refractivity contribution in [3.8, 4) is 11.4 Å². The summed E-state index contributed by atoms with van der Waals surface area (Å²) >= 11 is 0. The number of carbonyl (C=O) groups excluding carboxylic acids is 1. The fraction of sp³-hybridized carbons (Fsp3) is 0.300. The van der Waals surface area contributed by atoms with Gasteiger partial charge in [-0.15, -0.1) is 0 Å². The van der Waals surface area contributed by atoms with Gasteiger partial charge in [0.05, 0.1) is 5.52 Å². The number of carbonyl (C=O) groups is 1. The molecule has 0 spiro atoms. The quantitative estimate of drug-likeness (QED) is 0.361. The van der Waals surface area contributed by atoms with Gasteiger partial charge in [0.1, 0.15) is 5.82 Å². The molecule has 1 aliphatic rings. The number of fused-ring (bicyclic) bond motifs is 1. The fourth-order valence-electron chi connectivity index (χ4n) is 4.78. The summed E-state index contributed by atoms with van der Waals surface area (Å²) in [5, 5.41) is 0.997. The highest BCUT2D eigenvalue weighted by molar-refractivity contribution is 5.91. The van der Waals surface area contributed by atoms with E-state index in [0.717, 1.165) is 55.0 Å². The molecule has 0 bridgehead atoms. The van der Waals surface area contributed by atoms with Gasteiger partial charge in [0.25, 0.3) is 0 Å². The average molecular weight is 480 g/mol. The Bertz CT molecular complexity index is 1290. The predicted octanol–water partition coefficient (Wildman–Crippen LogP) is 4.86. The van der Waals surface area contributed by atoms with Gasteiger partial charge in [-0.1, -0.05) is 79.7 Å². The van der Waals surface area contributed by atoms with E-state index in [1.54, 1.807) is 0 Å². The molecule has 6 nitrogen and oxygen atoms in total. The minimum Gasteiger partial charge on any atom is -0.351 e. The van der Waals surface area contributed by atoms with Crippen molar-refractivity contribution in [2.45, 2.75) is 19.9 Å². The van der Waals surface area contributed by atoms with Crippen molar-refractivity contribution in [2.24, 2.45) is 0 Å². The number of hydrogen-bond acceptors (Lipinski definition) is 5. The molecule has 0 saturated carbocycles. The zero-order chi connectivity index (χ0) is 24.7. The summed E-state index contributed by atoms with van der Waals surface area (Å²) in [6.45, 7) is 8.00. The Kier molecular flexibility index (Phi) is 7.52. The predicted molar refractivity (Wildman–Crippen MR) is 146 cm³/mol. The van der Waals surface area contributed by atoms with Crippen molar-refractivity contribution in [2.75, 3.05) is 44.2 Å². The Morgan fingerprint density at radius 2 is 1.50 bits per heavy atom. The largest absolute Gasteiger partial charge is 0.351 e. The summed E-state index contributed by atoms with van der Waals surface area (Å²) in [4.78, 5) is 29.8. The zero-order valence-corrected chi connectivity index (χ0v) is 20.9. The van der Waals surface area contributed by atoms with Crippen LogP contribution in [0.1, 0.15) is 18.9 Å². The van der Waals surface area contributed by atoms with Gasteiger partial charge in [0.15, 0.2) is 5.82 Å². The lowest BCUT2D eigenvalue weighted by Crippen LogP contribution is -2.49. The molecular weight excluding hydrogens is 446 g/mol. The first-order chi connectivity index (χ1) is 17.7. The van der Waals surface area contributed by atoms with Crippen molar-refractivity contribution in [1.82, 2.24) is 19.8 Å². The van der Waals surface area contributed by atoms with E-state index in [1.165, 1.54) is 5.56 Å². The van der Waals surface area contributed by atoms with Crippen molar-refractivity contribution >= 4 is 22.6 Å². The highest BCUT2D eigenvalue weighted by atomic mass is 16.2. The molecule has 0 radical (unpaired) electrons. The first-order valence-electron chi connectivity index (χ1n) is 12.8. The summed E-state index contributed by atoms with van der Waals surface area (Å²) in [5.41, 5.74) is 3.07. The maximum Gasteiger partial charge on any atom is 0.224 e. The summed E-state index contributed by atoms with van der Waals surface area (Å²) < 4.78 is 0. The minimum absolute atomic E-state index is 0.213. The third kappa shape index (κ3) is 5.55. The highest BCUT2D eigenvalue weighted by Gasteiger charge is 2.22. The van der Waals surface area contributed by atoms with Crippen LogP contribution in [0.25, 0.3) is 22.3 Å². The van der Waals surface area contributed by atoms with E-state index in [0.29, 0.717) is 25.3 Å². The summed E-state index contributed by atoms with van der Waals surface area (Å²) in [6.07, 6.45) is 0.456. The van der Waals surface area contributed by atoms with E-state index in [4.69, 9.17) is 9.97 Å². The molecule has 36 heavy (non-hydrogen) atoms. The average Bonchev–Trinajstić information content (AvgIpc) is 2.95. The molecule has 184 valence electrons. The first kappa shape index (κ1) is 23.9. The van der Waals surface area contributed by atoms with Crippen LogP contribution < -0.4 is 4.90 Å². The molecule has 0 unspecified atom stereocenters. The fourth-order valence-corrected chi connectivity index (χ4v) is 4.78. The molecule has 1 amide bonds. The van der Waals surface area contributed by atoms with Crippen LogP contribution >= 0.6 is 0 Å². The van der Waals surface area contributed by atoms with E-state index >= 15 is 0 Å². The van der Waals surface area contributed by atoms with Gasteiger partial charge < -0.3 is 14.7 Å². The smallest absolute Gasteiger partial charge is 0.224 e. The number of anilines is 1. The van der Waals surface area contributed by atoms with Gasteiger partial charge in [0, 0.05) is 56.6 Å². The van der Waals surface area contributed by atoms with Gasteiger partial charge in [-0.25, -0.2) is 9.97 Å². The van der Waals surface area contributed by atoms with Crippen molar-refractivity contribution in [1.29, 1.82) is 0 Å². The lowest BCUT2D eigenvalue weighted by atomic mass is 10.1. The van der Waals surface area contributed by atoms with Crippen LogP contribution in [-0.4, -0.2) is 64.9 Å². The van der Waals surface area contributed by atoms with Crippen LogP contribution in [0, 0.1) is 0 Å². The third-order valence-electron chi connectivity index (χ3n) is 6.90. The standard InChI is InChI=1S/C30H33N5O/c1-2-33-19-21-34(22-20-33)28(36)17-18-35(23-24-11-5-3-6-12-24)30-26-15-9-10-16-27(26)31-29(32-30)25-13-7-4-8-14-25/h3-16H,2,17-23H2,1H3. The molecule has 1 fully saturated rings. The summed E-state index contributed by atoms with van der Waals surface area (Å²) in [6, 6.07) is 28.6. The van der Waals surface area contributed by atoms with Gasteiger partial charge in [-0.2, -0.15) is 0 Å². The Hall–Kier alpha value is -3.77. The molecule has 1 aromatic heterocycles. The molecule has 0 aliphatic carbocycles. The number of rotatable bonds is 8. The van der Waals surface area contributed by atoms with E-state index in [-0.39, 0.29) is 5.91 Å². The minimum atomic E-state index is 0.213. The number of piperazine rings is 1. The molecule has 0 atom stereocenters. The lowest BCUT2D eigenvalue weighted by Gasteiger charge is -2.34. The van der Waals surface area contributed by atoms with Gasteiger partial charge in [-0.05, 0) is 24.2 Å². The molecule has 1 aliphatic heterocycles. The second-order valence-electron chi connectivity index (χ2n) is 9.23. The van der Waals surface area contributed by atoms with Crippen molar-refractivity contribution < 1.29 is 4.79 Å². The van der Waals surface area contributed by atoms with Crippen molar-refractivity contribution in [3.05, 3.63) is 90.5 Å². The lowest BCUT2D eigenvalue weighted by molar-refractivity contribution is -0.132. The molecule has 6 heteroatoms. The second-order valence-corrected chi connectivity index (χ2v) is 9.23. The molecule has 2 heterocycles. The van der Waals surface area contributed by atoms with E-state index < -0.39 is 0 Å². The van der Waals surface area contributed by atoms with Gasteiger partial charge in [0.2, 0.25) is 5.91 Å². The van der Waals surface area contributed by atoms with Crippen LogP contribution in [0.15, 0.2) is 84.9 Å². The maximum atomic E-state index is 13.2. The van der Waals surface area contributed by atoms with Crippen LogP contribution in [0.2, 0.25) is 0 Å². The van der Waals surface area contributed by atoms with E-state index in [2.05, 4.69) is 47.1 Å². The first-order valence-corrected chi connectivity index (χ1v) is 12.8. The molecule has 3 aromatic carbocycles. The number of likely N-dealkylation sites (N-methyl/N-ethyl adjacent to an activating group) is 1. The topological polar surface area (TPSA) is 52.6 Å². The third-order valence-corrected chi connectivity index (χ3v) is 6.90. The summed E-state index contributed by atoms with van der Waals surface area (Å²) in [5.74, 6) is 1.78. The van der Waals surface area contributed by atoms with Crippen LogP contribution in [0.4, 0.5) is 5.82 Å². The Morgan fingerprint density at radius 3 is 2.22 bits per heavy atom. The van der Waals surface area contributed by atoms with Gasteiger partial charge >= 0.3 is 0 Å². The maximum absolute atomic E-state index is 13.2. The molecular formula is C30H33N5O. The number of nitrogens with zero attached hydrogens (tertiary/aromatic N) is 5. The molecule has 0 N–H and O–H groups in total. The number of aromatic nitrogens is 2. The van der Waals surface area contributed by atoms with E-state index in [9.17, 15) is 4.79 Å². The van der Waals surface area contributed by atoms with Crippen LogP contribution in [0.3, 0.4) is 0 Å². The second kappa shape index (κ2) is 11.3. The number of amides is 1. The van der Waals surface area contributed by atoms with Crippen LogP contribution in [0.5, 0.6) is 0 Å². The number of hydrogen-bond donors (Lipinski definition) is 0. The van der Waals surface area contributed by atoms with Crippen LogP contribution in [-0.2, 0) is 11.3 Å². The Labute approximate surface area is 213 Å². The normalized spacial score (nSPS) is 14.2. The van der Waals surface area contributed by atoms with Crippen molar-refractivity contribution in [3.63, 3.8) is 0 Å². The highest BCUT2D eigenvalue weighted by Crippen LogP contribution is 2.29. The molecule has 1 saturated heterocycles. The SMILES string of the molecule is CCN1CCN(C(=O)CCN(Cc2ccccc2)c2nc(-c3ccccc3)nc3ccccc23)CC1. The molecule has 5 rings (SSSR count). The van der Waals surface area contributed by atoms with Gasteiger partial charge in [-0.3, -0.25) is 4.79 Å². The Morgan fingerprint density at radius 1 is 0.833 bits per heavy atom. The van der Waals surface area contributed by atoms with E-state index in [1.807, 2.05) is 59.5 Å². The monoisotopic (exact) mass is 479 g/mol. The number of para-hydroxylation sites is 1. The Balaban J connectivity index is 1.46. The molecule has 4 aromatic rings. The zero-order valence-electron chi connectivity index (χ0n) is 20.9. The number of benzene rings is 3. The summed E-state index contributed by atoms with van der Waals surface area (Å²) in [7, 11) is 0.